The first-order valence-corrected chi connectivity index (χ1v) is 10.8. The topological polar surface area (TPSA) is 76.7 Å². The summed E-state index contributed by atoms with van der Waals surface area (Å²) in [4.78, 5) is 24.7. The van der Waals surface area contributed by atoms with E-state index in [4.69, 9.17) is 9.47 Å². The molecule has 1 saturated carbocycles. The van der Waals surface area contributed by atoms with E-state index in [1.165, 1.54) is 0 Å². The van der Waals surface area contributed by atoms with Gasteiger partial charge in [0.25, 0.3) is 0 Å². The molecule has 2 atom stereocenters. The van der Waals surface area contributed by atoms with Gasteiger partial charge < -0.3 is 20.1 Å². The standard InChI is InChI=1S/C26H30N2O4/c1-31-21-11-7-19(8-12-21)25(29)15-17-27-23-5-3-4-6-24(23)28-18-16-26(30)20-9-13-22(32-2)14-10-20/h7-18,23-24,27-28H,3-6H2,1-2H3/t23-,24-/m0/s1. The van der Waals surface area contributed by atoms with Gasteiger partial charge in [0.15, 0.2) is 11.6 Å². The lowest BCUT2D eigenvalue weighted by Gasteiger charge is -2.32. The summed E-state index contributed by atoms with van der Waals surface area (Å²) in [6.07, 6.45) is 10.8. The minimum Gasteiger partial charge on any atom is -0.497 e. The second-order valence-electron chi connectivity index (χ2n) is 7.68. The summed E-state index contributed by atoms with van der Waals surface area (Å²) < 4.78 is 10.2. The lowest BCUT2D eigenvalue weighted by Crippen LogP contribution is -2.46. The fraction of sp³-hybridized carbons (Fsp3) is 0.308. The van der Waals surface area contributed by atoms with E-state index in [-0.39, 0.29) is 23.7 Å². The Morgan fingerprint density at radius 2 is 1.09 bits per heavy atom. The van der Waals surface area contributed by atoms with Crippen LogP contribution in [0, 0.1) is 0 Å². The highest BCUT2D eigenvalue weighted by atomic mass is 16.5. The summed E-state index contributed by atoms with van der Waals surface area (Å²) in [6, 6.07) is 14.5. The van der Waals surface area contributed by atoms with Gasteiger partial charge in [-0.05, 0) is 61.4 Å². The van der Waals surface area contributed by atoms with Gasteiger partial charge in [-0.2, -0.15) is 0 Å². The van der Waals surface area contributed by atoms with Crippen molar-refractivity contribution in [2.75, 3.05) is 14.2 Å². The Kier molecular flexibility index (Phi) is 8.49. The molecular formula is C26H30N2O4. The zero-order chi connectivity index (χ0) is 22.8. The molecule has 2 aromatic carbocycles. The zero-order valence-electron chi connectivity index (χ0n) is 18.5. The Hall–Kier alpha value is -3.54. The van der Waals surface area contributed by atoms with Crippen LogP contribution in [0.3, 0.4) is 0 Å². The molecule has 0 bridgehead atoms. The van der Waals surface area contributed by atoms with Gasteiger partial charge in [-0.1, -0.05) is 12.8 Å². The van der Waals surface area contributed by atoms with E-state index in [0.29, 0.717) is 11.1 Å². The number of carbonyl (C=O) groups excluding carboxylic acids is 2. The first-order chi connectivity index (χ1) is 15.6. The number of benzene rings is 2. The molecule has 0 unspecified atom stereocenters. The highest BCUT2D eigenvalue weighted by Gasteiger charge is 2.23. The van der Waals surface area contributed by atoms with E-state index in [2.05, 4.69) is 10.6 Å². The van der Waals surface area contributed by atoms with Crippen LogP contribution in [0.4, 0.5) is 0 Å². The molecular weight excluding hydrogens is 404 g/mol. The number of rotatable bonds is 10. The van der Waals surface area contributed by atoms with Gasteiger partial charge in [0.1, 0.15) is 11.5 Å². The molecule has 0 aromatic heterocycles. The summed E-state index contributed by atoms with van der Waals surface area (Å²) in [5.41, 5.74) is 1.23. The summed E-state index contributed by atoms with van der Waals surface area (Å²) in [6.45, 7) is 0. The van der Waals surface area contributed by atoms with Crippen molar-refractivity contribution in [3.05, 3.63) is 84.2 Å². The fourth-order valence-electron chi connectivity index (χ4n) is 3.73. The zero-order valence-corrected chi connectivity index (χ0v) is 18.5. The summed E-state index contributed by atoms with van der Waals surface area (Å²) in [7, 11) is 3.19. The molecule has 6 nitrogen and oxygen atoms in total. The van der Waals surface area contributed by atoms with Gasteiger partial charge in [0, 0.05) is 47.8 Å². The highest BCUT2D eigenvalue weighted by Crippen LogP contribution is 2.19. The van der Waals surface area contributed by atoms with Crippen LogP contribution < -0.4 is 20.1 Å². The van der Waals surface area contributed by atoms with Crippen molar-refractivity contribution in [2.24, 2.45) is 0 Å². The van der Waals surface area contributed by atoms with Crippen LogP contribution in [-0.4, -0.2) is 37.9 Å². The summed E-state index contributed by atoms with van der Waals surface area (Å²) >= 11 is 0. The fourth-order valence-corrected chi connectivity index (χ4v) is 3.73. The van der Waals surface area contributed by atoms with Crippen LogP contribution in [-0.2, 0) is 0 Å². The van der Waals surface area contributed by atoms with E-state index in [0.717, 1.165) is 37.2 Å². The summed E-state index contributed by atoms with van der Waals surface area (Å²) in [5, 5.41) is 6.71. The van der Waals surface area contributed by atoms with Crippen LogP contribution in [0.1, 0.15) is 46.4 Å². The normalized spacial score (nSPS) is 18.4. The maximum Gasteiger partial charge on any atom is 0.187 e. The third kappa shape index (κ3) is 6.48. The number of hydrogen-bond donors (Lipinski definition) is 2. The third-order valence-corrected chi connectivity index (χ3v) is 5.61. The average molecular weight is 435 g/mol. The average Bonchev–Trinajstić information content (AvgIpc) is 2.85. The minimum atomic E-state index is -0.0644. The smallest absolute Gasteiger partial charge is 0.187 e. The third-order valence-electron chi connectivity index (χ3n) is 5.61. The Bertz CT molecular complexity index is 869. The SMILES string of the molecule is COc1ccc(C(=O)C=CN[C@H]2CCCC[C@@H]2NC=CC(=O)c2ccc(OC)cc2)cc1. The van der Waals surface area contributed by atoms with Crippen molar-refractivity contribution in [3.63, 3.8) is 0 Å². The number of allylic oxidation sites excluding steroid dienone is 2. The Balaban J connectivity index is 1.52. The number of carbonyl (C=O) groups is 2. The molecule has 0 heterocycles. The molecule has 0 spiro atoms. The minimum absolute atomic E-state index is 0.0644. The largest absolute Gasteiger partial charge is 0.497 e. The van der Waals surface area contributed by atoms with Crippen LogP contribution in [0.25, 0.3) is 0 Å². The molecule has 2 N–H and O–H groups in total. The Morgan fingerprint density at radius 1 is 0.719 bits per heavy atom. The predicted molar refractivity (Wildman–Crippen MR) is 125 cm³/mol. The number of nitrogens with one attached hydrogen (secondary N) is 2. The van der Waals surface area contributed by atoms with Crippen molar-refractivity contribution in [1.82, 2.24) is 10.6 Å². The van der Waals surface area contributed by atoms with Crippen LogP contribution in [0.15, 0.2) is 73.1 Å². The maximum absolute atomic E-state index is 12.3. The number of hydrogen-bond acceptors (Lipinski definition) is 6. The van der Waals surface area contributed by atoms with E-state index in [1.54, 1.807) is 87.3 Å². The molecule has 0 radical (unpaired) electrons. The molecule has 0 saturated heterocycles. The highest BCUT2D eigenvalue weighted by molar-refractivity contribution is 6.05. The van der Waals surface area contributed by atoms with Crippen LogP contribution >= 0.6 is 0 Å². The lowest BCUT2D eigenvalue weighted by molar-refractivity contribution is 0.103. The van der Waals surface area contributed by atoms with Crippen LogP contribution in [0.2, 0.25) is 0 Å². The molecule has 168 valence electrons. The molecule has 0 amide bonds. The number of methoxy groups -OCH3 is 2. The molecule has 1 aliphatic rings. The molecule has 6 heteroatoms. The quantitative estimate of drug-likeness (QED) is 0.429. The lowest BCUT2D eigenvalue weighted by atomic mass is 9.90. The van der Waals surface area contributed by atoms with Crippen molar-refractivity contribution in [3.8, 4) is 11.5 Å². The van der Waals surface area contributed by atoms with E-state index in [9.17, 15) is 9.59 Å². The van der Waals surface area contributed by atoms with Crippen molar-refractivity contribution in [2.45, 2.75) is 37.8 Å². The molecule has 32 heavy (non-hydrogen) atoms. The van der Waals surface area contributed by atoms with E-state index in [1.807, 2.05) is 0 Å². The second-order valence-corrected chi connectivity index (χ2v) is 7.68. The van der Waals surface area contributed by atoms with Crippen molar-refractivity contribution in [1.29, 1.82) is 0 Å². The van der Waals surface area contributed by atoms with E-state index >= 15 is 0 Å². The second kappa shape index (κ2) is 11.7. The molecule has 3 rings (SSSR count). The predicted octanol–water partition coefficient (Wildman–Crippen LogP) is 4.29. The van der Waals surface area contributed by atoms with Gasteiger partial charge in [0.2, 0.25) is 0 Å². The van der Waals surface area contributed by atoms with Crippen molar-refractivity contribution >= 4 is 11.6 Å². The maximum atomic E-state index is 12.3. The first kappa shape index (κ1) is 23.1. The molecule has 0 aliphatic heterocycles. The Morgan fingerprint density at radius 3 is 1.44 bits per heavy atom. The molecule has 2 aromatic rings. The molecule has 1 fully saturated rings. The van der Waals surface area contributed by atoms with Gasteiger partial charge in [-0.25, -0.2) is 0 Å². The number of ketones is 2. The monoisotopic (exact) mass is 434 g/mol. The van der Waals surface area contributed by atoms with Gasteiger partial charge >= 0.3 is 0 Å². The Labute approximate surface area is 189 Å². The van der Waals surface area contributed by atoms with Crippen LogP contribution in [0.5, 0.6) is 11.5 Å². The summed E-state index contributed by atoms with van der Waals surface area (Å²) in [5.74, 6) is 1.31. The molecule has 1 aliphatic carbocycles. The van der Waals surface area contributed by atoms with Gasteiger partial charge in [-0.15, -0.1) is 0 Å². The van der Waals surface area contributed by atoms with Crippen molar-refractivity contribution < 1.29 is 19.1 Å². The van der Waals surface area contributed by atoms with Gasteiger partial charge in [-0.3, -0.25) is 9.59 Å². The first-order valence-electron chi connectivity index (χ1n) is 10.8. The van der Waals surface area contributed by atoms with Gasteiger partial charge in [0.05, 0.1) is 14.2 Å². The van der Waals surface area contributed by atoms with E-state index < -0.39 is 0 Å². The number of ether oxygens (including phenoxy) is 2.